The molecule has 0 saturated heterocycles. The first-order valence-corrected chi connectivity index (χ1v) is 7.68. The molecule has 24 heavy (non-hydrogen) atoms. The van der Waals surface area contributed by atoms with Gasteiger partial charge in [-0.25, -0.2) is 4.98 Å². The van der Waals surface area contributed by atoms with E-state index in [1.54, 1.807) is 6.07 Å². The van der Waals surface area contributed by atoms with Crippen LogP contribution in [0, 0.1) is 13.8 Å². The van der Waals surface area contributed by atoms with E-state index in [1.165, 1.54) is 0 Å². The van der Waals surface area contributed by atoms with E-state index < -0.39 is 0 Å². The lowest BCUT2D eigenvalue weighted by Crippen LogP contribution is -2.02. The smallest absolute Gasteiger partial charge is 0.230 e. The Labute approximate surface area is 140 Å². The van der Waals surface area contributed by atoms with Crippen molar-refractivity contribution in [3.05, 3.63) is 47.9 Å². The second-order valence-corrected chi connectivity index (χ2v) is 5.25. The highest BCUT2D eigenvalue weighted by Crippen LogP contribution is 2.21. The molecule has 124 valence electrons. The van der Waals surface area contributed by atoms with Gasteiger partial charge in [0.25, 0.3) is 0 Å². The van der Waals surface area contributed by atoms with E-state index >= 15 is 0 Å². The minimum absolute atomic E-state index is 0.455. The summed E-state index contributed by atoms with van der Waals surface area (Å²) in [6.07, 6.45) is 0. The van der Waals surface area contributed by atoms with Gasteiger partial charge in [-0.3, -0.25) is 0 Å². The van der Waals surface area contributed by atoms with Crippen molar-refractivity contribution in [3.63, 3.8) is 0 Å². The van der Waals surface area contributed by atoms with Crippen LogP contribution in [0.15, 0.2) is 40.9 Å². The van der Waals surface area contributed by atoms with Crippen molar-refractivity contribution in [3.8, 4) is 5.75 Å². The molecule has 7 heteroatoms. The number of nitrogens with zero attached hydrogens (tertiary/aromatic N) is 3. The third-order valence-electron chi connectivity index (χ3n) is 3.16. The molecule has 0 amide bonds. The molecular weight excluding hydrogens is 306 g/mol. The zero-order valence-corrected chi connectivity index (χ0v) is 13.8. The Hall–Kier alpha value is -3.09. The first-order chi connectivity index (χ1) is 11.6. The summed E-state index contributed by atoms with van der Waals surface area (Å²) in [5.41, 5.74) is 1.75. The van der Waals surface area contributed by atoms with Gasteiger partial charge in [-0.1, -0.05) is 5.16 Å². The van der Waals surface area contributed by atoms with Gasteiger partial charge >= 0.3 is 0 Å². The average Bonchev–Trinajstić information content (AvgIpc) is 2.94. The van der Waals surface area contributed by atoms with Crippen molar-refractivity contribution in [1.82, 2.24) is 15.1 Å². The lowest BCUT2D eigenvalue weighted by molar-refractivity contribution is 0.340. The molecule has 0 bridgehead atoms. The Morgan fingerprint density at radius 1 is 1.00 bits per heavy atom. The fourth-order valence-corrected chi connectivity index (χ4v) is 2.18. The van der Waals surface area contributed by atoms with E-state index in [0.29, 0.717) is 24.2 Å². The second-order valence-electron chi connectivity index (χ2n) is 5.25. The van der Waals surface area contributed by atoms with Crippen LogP contribution in [0.1, 0.15) is 18.4 Å². The summed E-state index contributed by atoms with van der Waals surface area (Å²) in [6.45, 7) is 6.34. The quantitative estimate of drug-likeness (QED) is 0.709. The molecular formula is C17H19N5O2. The summed E-state index contributed by atoms with van der Waals surface area (Å²) in [5, 5.41) is 10.2. The number of hydrogen-bond donors (Lipinski definition) is 2. The summed E-state index contributed by atoms with van der Waals surface area (Å²) >= 11 is 0. The van der Waals surface area contributed by atoms with E-state index in [4.69, 9.17) is 9.26 Å². The predicted molar refractivity (Wildman–Crippen MR) is 92.2 cm³/mol. The molecule has 0 fully saturated rings. The van der Waals surface area contributed by atoms with Crippen LogP contribution in [0.2, 0.25) is 0 Å². The molecule has 0 saturated carbocycles. The van der Waals surface area contributed by atoms with Gasteiger partial charge in [0.1, 0.15) is 17.3 Å². The lowest BCUT2D eigenvalue weighted by atomic mass is 10.3. The number of aryl methyl sites for hydroxylation is 2. The van der Waals surface area contributed by atoms with Crippen LogP contribution in [-0.4, -0.2) is 21.7 Å². The highest BCUT2D eigenvalue weighted by molar-refractivity contribution is 5.59. The number of aromatic nitrogens is 3. The Balaban J connectivity index is 1.75. The minimum atomic E-state index is 0.455. The largest absolute Gasteiger partial charge is 0.494 e. The van der Waals surface area contributed by atoms with Gasteiger partial charge in [-0.2, -0.15) is 4.98 Å². The molecule has 0 spiro atoms. The normalized spacial score (nSPS) is 10.5. The van der Waals surface area contributed by atoms with E-state index in [-0.39, 0.29) is 0 Å². The van der Waals surface area contributed by atoms with Crippen molar-refractivity contribution < 1.29 is 9.26 Å². The van der Waals surface area contributed by atoms with Crippen molar-refractivity contribution in [2.45, 2.75) is 20.8 Å². The molecule has 0 aliphatic rings. The summed E-state index contributed by atoms with van der Waals surface area (Å²) in [6, 6.07) is 11.4. The summed E-state index contributed by atoms with van der Waals surface area (Å²) < 4.78 is 10.5. The second kappa shape index (κ2) is 6.99. The van der Waals surface area contributed by atoms with Crippen LogP contribution in [0.3, 0.4) is 0 Å². The molecule has 0 atom stereocenters. The number of rotatable bonds is 6. The Morgan fingerprint density at radius 2 is 1.79 bits per heavy atom. The van der Waals surface area contributed by atoms with E-state index in [1.807, 2.05) is 51.1 Å². The highest BCUT2D eigenvalue weighted by atomic mass is 16.5. The van der Waals surface area contributed by atoms with E-state index in [2.05, 4.69) is 25.8 Å². The van der Waals surface area contributed by atoms with Gasteiger partial charge in [-0.15, -0.1) is 0 Å². The molecule has 2 N–H and O–H groups in total. The number of nitrogens with one attached hydrogen (secondary N) is 2. The number of benzene rings is 1. The Bertz CT molecular complexity index is 814. The third kappa shape index (κ3) is 4.01. The van der Waals surface area contributed by atoms with Crippen molar-refractivity contribution in [2.24, 2.45) is 0 Å². The van der Waals surface area contributed by atoms with Gasteiger partial charge in [-0.05, 0) is 45.0 Å². The van der Waals surface area contributed by atoms with Gasteiger partial charge < -0.3 is 19.9 Å². The number of hydrogen-bond acceptors (Lipinski definition) is 7. The van der Waals surface area contributed by atoms with Gasteiger partial charge in [0.2, 0.25) is 5.95 Å². The zero-order valence-electron chi connectivity index (χ0n) is 13.8. The lowest BCUT2D eigenvalue weighted by Gasteiger charge is -2.09. The average molecular weight is 325 g/mol. The predicted octanol–water partition coefficient (Wildman–Crippen LogP) is 3.97. The first kappa shape index (κ1) is 15.8. The molecule has 0 aliphatic carbocycles. The minimum Gasteiger partial charge on any atom is -0.494 e. The van der Waals surface area contributed by atoms with Crippen molar-refractivity contribution in [2.75, 3.05) is 17.2 Å². The summed E-state index contributed by atoms with van der Waals surface area (Å²) in [5.74, 6) is 3.28. The maximum atomic E-state index is 5.44. The van der Waals surface area contributed by atoms with E-state index in [9.17, 15) is 0 Å². The molecule has 7 nitrogen and oxygen atoms in total. The first-order valence-electron chi connectivity index (χ1n) is 7.68. The topological polar surface area (TPSA) is 85.1 Å². The maximum Gasteiger partial charge on any atom is 0.230 e. The Kier molecular flexibility index (Phi) is 4.60. The van der Waals surface area contributed by atoms with Crippen LogP contribution in [0.4, 0.5) is 23.3 Å². The van der Waals surface area contributed by atoms with Crippen LogP contribution in [-0.2, 0) is 0 Å². The van der Waals surface area contributed by atoms with Crippen LogP contribution < -0.4 is 15.4 Å². The molecule has 2 aromatic heterocycles. The fourth-order valence-electron chi connectivity index (χ4n) is 2.18. The van der Waals surface area contributed by atoms with Gasteiger partial charge in [0, 0.05) is 23.5 Å². The van der Waals surface area contributed by atoms with Crippen LogP contribution in [0.5, 0.6) is 5.75 Å². The number of ether oxygens (including phenoxy) is 1. The molecule has 2 heterocycles. The SMILES string of the molecule is CCOc1ccc(Nc2cc(C)nc(Nc3cc(C)on3)n2)cc1. The molecule has 3 aromatic rings. The third-order valence-corrected chi connectivity index (χ3v) is 3.16. The van der Waals surface area contributed by atoms with Gasteiger partial charge in [0.15, 0.2) is 5.82 Å². The van der Waals surface area contributed by atoms with Crippen LogP contribution >= 0.6 is 0 Å². The molecule has 1 aromatic carbocycles. The molecule has 0 radical (unpaired) electrons. The van der Waals surface area contributed by atoms with Crippen molar-refractivity contribution in [1.29, 1.82) is 0 Å². The maximum absolute atomic E-state index is 5.44. The number of anilines is 4. The Morgan fingerprint density at radius 3 is 2.46 bits per heavy atom. The highest BCUT2D eigenvalue weighted by Gasteiger charge is 2.06. The monoisotopic (exact) mass is 325 g/mol. The summed E-state index contributed by atoms with van der Waals surface area (Å²) in [7, 11) is 0. The van der Waals surface area contributed by atoms with Gasteiger partial charge in [0.05, 0.1) is 6.61 Å². The molecule has 0 aliphatic heterocycles. The molecule has 0 unspecified atom stereocenters. The van der Waals surface area contributed by atoms with Crippen LogP contribution in [0.25, 0.3) is 0 Å². The standard InChI is InChI=1S/C17H19N5O2/c1-4-23-14-7-5-13(6-8-14)19-15-9-11(2)18-17(20-15)21-16-10-12(3)24-22-16/h5-10H,4H2,1-3H3,(H2,18,19,20,21,22). The summed E-state index contributed by atoms with van der Waals surface area (Å²) in [4.78, 5) is 8.80. The zero-order chi connectivity index (χ0) is 16.9. The molecule has 3 rings (SSSR count). The van der Waals surface area contributed by atoms with E-state index in [0.717, 1.165) is 22.9 Å². The fraction of sp³-hybridized carbons (Fsp3) is 0.235. The van der Waals surface area contributed by atoms with Crippen molar-refractivity contribution >= 4 is 23.3 Å².